The number of anilines is 1. The van der Waals surface area contributed by atoms with Gasteiger partial charge in [-0.1, -0.05) is 0 Å². The lowest BCUT2D eigenvalue weighted by Crippen LogP contribution is -2.26. The van der Waals surface area contributed by atoms with Gasteiger partial charge in [0.05, 0.1) is 22.2 Å². The molecule has 7 nitrogen and oxygen atoms in total. The molecule has 1 aromatic heterocycles. The van der Waals surface area contributed by atoms with E-state index in [1.165, 1.54) is 12.1 Å². The third-order valence-corrected chi connectivity index (χ3v) is 3.27. The number of halogens is 1. The number of rotatable bonds is 2. The van der Waals surface area contributed by atoms with E-state index in [-0.39, 0.29) is 24.1 Å². The molecule has 1 aliphatic rings. The molecule has 0 unspecified atom stereocenters. The normalized spacial score (nSPS) is 18.1. The van der Waals surface area contributed by atoms with E-state index in [1.807, 2.05) is 0 Å². The average molecular weight is 296 g/mol. The summed E-state index contributed by atoms with van der Waals surface area (Å²) in [6.07, 6.45) is 2.59. The summed E-state index contributed by atoms with van der Waals surface area (Å²) in [6, 6.07) is 4.67. The van der Waals surface area contributed by atoms with E-state index in [0.29, 0.717) is 11.0 Å². The molecule has 2 aromatic rings. The highest BCUT2D eigenvalue weighted by molar-refractivity contribution is 5.85. The third-order valence-electron chi connectivity index (χ3n) is 3.27. The van der Waals surface area contributed by atoms with Crippen LogP contribution < -0.4 is 10.6 Å². The van der Waals surface area contributed by atoms with Crippen LogP contribution in [0.3, 0.4) is 0 Å². The highest BCUT2D eigenvalue weighted by Gasteiger charge is 2.20. The largest absolute Gasteiger partial charge is 0.354 e. The first-order chi connectivity index (χ1) is 9.13. The minimum atomic E-state index is -0.436. The van der Waals surface area contributed by atoms with Gasteiger partial charge in [-0.15, -0.1) is 12.4 Å². The van der Waals surface area contributed by atoms with E-state index in [2.05, 4.69) is 14.9 Å². The number of fused-ring (bicyclic) bond motifs is 1. The summed E-state index contributed by atoms with van der Waals surface area (Å²) in [6.45, 7) is 1.64. The van der Waals surface area contributed by atoms with E-state index in [1.54, 1.807) is 12.3 Å². The maximum atomic E-state index is 10.7. The van der Waals surface area contributed by atoms with Gasteiger partial charge in [0.2, 0.25) is 0 Å². The molecule has 1 atom stereocenters. The van der Waals surface area contributed by atoms with E-state index in [9.17, 15) is 10.1 Å². The number of nitrogens with two attached hydrogens (primary N) is 1. The molecule has 0 amide bonds. The molecule has 0 spiro atoms. The molecule has 0 saturated carbocycles. The second kappa shape index (κ2) is 5.56. The van der Waals surface area contributed by atoms with Crippen molar-refractivity contribution in [3.8, 4) is 0 Å². The number of nitro benzene ring substituents is 1. The fourth-order valence-corrected chi connectivity index (χ4v) is 2.25. The number of non-ortho nitro benzene ring substituents is 1. The zero-order valence-corrected chi connectivity index (χ0v) is 11.4. The summed E-state index contributed by atoms with van der Waals surface area (Å²) in [7, 11) is 0. The van der Waals surface area contributed by atoms with Crippen molar-refractivity contribution in [2.24, 2.45) is 5.73 Å². The fraction of sp³-hybridized carbons (Fsp3) is 0.333. The fourth-order valence-electron chi connectivity index (χ4n) is 2.25. The van der Waals surface area contributed by atoms with Crippen molar-refractivity contribution >= 4 is 34.9 Å². The van der Waals surface area contributed by atoms with Gasteiger partial charge in [-0.2, -0.15) is 0 Å². The van der Waals surface area contributed by atoms with E-state index < -0.39 is 4.92 Å². The predicted octanol–water partition coefficient (Wildman–Crippen LogP) is 1.50. The van der Waals surface area contributed by atoms with Crippen molar-refractivity contribution in [2.75, 3.05) is 18.0 Å². The summed E-state index contributed by atoms with van der Waals surface area (Å²) in [5, 5.41) is 10.7. The maximum absolute atomic E-state index is 10.7. The summed E-state index contributed by atoms with van der Waals surface area (Å²) < 4.78 is 0. The molecule has 0 bridgehead atoms. The lowest BCUT2D eigenvalue weighted by Gasteiger charge is -2.16. The van der Waals surface area contributed by atoms with Gasteiger partial charge in [0, 0.05) is 31.3 Å². The van der Waals surface area contributed by atoms with Crippen molar-refractivity contribution in [1.29, 1.82) is 0 Å². The van der Waals surface area contributed by atoms with Crippen LogP contribution in [0.25, 0.3) is 11.0 Å². The van der Waals surface area contributed by atoms with Crippen LogP contribution in [0.4, 0.5) is 11.5 Å². The lowest BCUT2D eigenvalue weighted by atomic mass is 10.2. The first-order valence-electron chi connectivity index (χ1n) is 6.05. The Hall–Kier alpha value is -1.99. The molecular formula is C12H14ClN5O2. The van der Waals surface area contributed by atoms with Crippen molar-refractivity contribution in [2.45, 2.75) is 12.5 Å². The van der Waals surface area contributed by atoms with Gasteiger partial charge >= 0.3 is 0 Å². The zero-order chi connectivity index (χ0) is 13.4. The molecule has 20 heavy (non-hydrogen) atoms. The summed E-state index contributed by atoms with van der Waals surface area (Å²) in [5.74, 6) is 0.773. The monoisotopic (exact) mass is 295 g/mol. The Morgan fingerprint density at radius 2 is 2.20 bits per heavy atom. The molecule has 1 aliphatic heterocycles. The number of aromatic nitrogens is 2. The highest BCUT2D eigenvalue weighted by Crippen LogP contribution is 2.22. The second-order valence-corrected chi connectivity index (χ2v) is 4.65. The molecule has 1 fully saturated rings. The van der Waals surface area contributed by atoms with Gasteiger partial charge in [0.1, 0.15) is 5.82 Å². The van der Waals surface area contributed by atoms with E-state index >= 15 is 0 Å². The smallest absolute Gasteiger partial charge is 0.271 e. The molecule has 106 valence electrons. The molecular weight excluding hydrogens is 282 g/mol. The van der Waals surface area contributed by atoms with E-state index in [4.69, 9.17) is 5.73 Å². The van der Waals surface area contributed by atoms with Gasteiger partial charge in [0.25, 0.3) is 5.69 Å². The minimum Gasteiger partial charge on any atom is -0.354 e. The van der Waals surface area contributed by atoms with Crippen molar-refractivity contribution in [1.82, 2.24) is 9.97 Å². The third kappa shape index (κ3) is 2.63. The van der Waals surface area contributed by atoms with Crippen LogP contribution in [-0.2, 0) is 0 Å². The second-order valence-electron chi connectivity index (χ2n) is 4.65. The summed E-state index contributed by atoms with van der Waals surface area (Å²) in [4.78, 5) is 21.1. The number of hydrogen-bond donors (Lipinski definition) is 1. The van der Waals surface area contributed by atoms with Crippen LogP contribution in [0, 0.1) is 10.1 Å². The van der Waals surface area contributed by atoms with Gasteiger partial charge in [0.15, 0.2) is 0 Å². The number of benzene rings is 1. The molecule has 0 aliphatic carbocycles. The molecule has 1 aromatic carbocycles. The first-order valence-corrected chi connectivity index (χ1v) is 6.05. The number of nitro groups is 1. The van der Waals surface area contributed by atoms with E-state index in [0.717, 1.165) is 25.3 Å². The van der Waals surface area contributed by atoms with Gasteiger partial charge < -0.3 is 10.6 Å². The van der Waals surface area contributed by atoms with Crippen LogP contribution in [0.1, 0.15) is 6.42 Å². The van der Waals surface area contributed by atoms with Crippen LogP contribution in [0.15, 0.2) is 24.4 Å². The zero-order valence-electron chi connectivity index (χ0n) is 10.6. The molecule has 3 rings (SSSR count). The summed E-state index contributed by atoms with van der Waals surface area (Å²) in [5.41, 5.74) is 7.07. The van der Waals surface area contributed by atoms with Crippen molar-refractivity contribution in [3.63, 3.8) is 0 Å². The molecule has 2 N–H and O–H groups in total. The Balaban J connectivity index is 0.00000147. The lowest BCUT2D eigenvalue weighted by molar-refractivity contribution is -0.384. The van der Waals surface area contributed by atoms with Gasteiger partial charge in [-0.05, 0) is 12.5 Å². The first kappa shape index (κ1) is 14.4. The predicted molar refractivity (Wildman–Crippen MR) is 78.2 cm³/mol. The molecule has 2 heterocycles. The Morgan fingerprint density at radius 3 is 2.85 bits per heavy atom. The standard InChI is InChI=1S/C12H13N5O2.ClH/c13-8-3-4-16(7-8)12-6-14-11-5-9(17(18)19)1-2-10(11)15-12;/h1-2,5-6,8H,3-4,7,13H2;1H/t8-;/m0./s1. The Bertz CT molecular complexity index is 651. The highest BCUT2D eigenvalue weighted by atomic mass is 35.5. The van der Waals surface area contributed by atoms with Crippen LogP contribution >= 0.6 is 12.4 Å². The van der Waals surface area contributed by atoms with Crippen LogP contribution in [-0.4, -0.2) is 34.0 Å². The number of nitrogens with zero attached hydrogens (tertiary/aromatic N) is 4. The van der Waals surface area contributed by atoms with Crippen LogP contribution in [0.5, 0.6) is 0 Å². The SMILES string of the molecule is Cl.N[C@H]1CCN(c2cnc3cc([N+](=O)[O-])ccc3n2)C1. The van der Waals surface area contributed by atoms with Crippen molar-refractivity contribution in [3.05, 3.63) is 34.5 Å². The van der Waals surface area contributed by atoms with Gasteiger partial charge in [-0.25, -0.2) is 4.98 Å². The number of hydrogen-bond acceptors (Lipinski definition) is 6. The average Bonchev–Trinajstić information content (AvgIpc) is 2.84. The Labute approximate surface area is 121 Å². The Kier molecular flexibility index (Phi) is 4.01. The van der Waals surface area contributed by atoms with Crippen LogP contribution in [0.2, 0.25) is 0 Å². The quantitative estimate of drug-likeness (QED) is 0.666. The van der Waals surface area contributed by atoms with Crippen molar-refractivity contribution < 1.29 is 4.92 Å². The summed E-state index contributed by atoms with van der Waals surface area (Å²) >= 11 is 0. The Morgan fingerprint density at radius 1 is 1.40 bits per heavy atom. The molecule has 1 saturated heterocycles. The van der Waals surface area contributed by atoms with Gasteiger partial charge in [-0.3, -0.25) is 15.1 Å². The molecule has 8 heteroatoms. The molecule has 0 radical (unpaired) electrons. The minimum absolute atomic E-state index is 0. The topological polar surface area (TPSA) is 98.2 Å². The maximum Gasteiger partial charge on any atom is 0.271 e.